The molecule has 0 radical (unpaired) electrons. The zero-order valence-electron chi connectivity index (χ0n) is 15.4. The van der Waals surface area contributed by atoms with Gasteiger partial charge in [-0.15, -0.1) is 0 Å². The summed E-state index contributed by atoms with van der Waals surface area (Å²) in [5, 5.41) is 15.6. The Morgan fingerprint density at radius 3 is 2.85 bits per heavy atom. The highest BCUT2D eigenvalue weighted by atomic mass is 15.3. The lowest BCUT2D eigenvalue weighted by molar-refractivity contribution is 0.306. The normalized spacial score (nSPS) is 15.2. The van der Waals surface area contributed by atoms with E-state index in [1.807, 2.05) is 41.8 Å². The van der Waals surface area contributed by atoms with E-state index in [9.17, 15) is 0 Å². The maximum absolute atomic E-state index is 7.61. The summed E-state index contributed by atoms with van der Waals surface area (Å²) in [6, 6.07) is 6.08. The summed E-state index contributed by atoms with van der Waals surface area (Å²) >= 11 is 0. The lowest BCUT2D eigenvalue weighted by Gasteiger charge is -2.32. The fourth-order valence-corrected chi connectivity index (χ4v) is 3.54. The lowest BCUT2D eigenvalue weighted by atomic mass is 9.93. The number of hydrogen-bond acceptors (Lipinski definition) is 5. The Morgan fingerprint density at radius 2 is 2.15 bits per heavy atom. The Labute approximate surface area is 158 Å². The van der Waals surface area contributed by atoms with Gasteiger partial charge in [0, 0.05) is 55.9 Å². The van der Waals surface area contributed by atoms with Crippen molar-refractivity contribution in [3.63, 3.8) is 0 Å². The number of nitrogens with zero attached hydrogens (tertiary/aromatic N) is 5. The molecule has 0 aliphatic carbocycles. The third kappa shape index (κ3) is 3.58. The highest BCUT2D eigenvalue weighted by Gasteiger charge is 2.23. The van der Waals surface area contributed by atoms with Gasteiger partial charge in [0.25, 0.3) is 0 Å². The minimum absolute atomic E-state index is 0.155. The fraction of sp³-hybridized carbons (Fsp3) is 0.333. The monoisotopic (exact) mass is 362 g/mol. The smallest absolute Gasteiger partial charge is 0.188 e. The average molecular weight is 362 g/mol. The Bertz CT molecular complexity index is 947. The first kappa shape index (κ1) is 17.3. The van der Waals surface area contributed by atoms with Crippen molar-refractivity contribution >= 4 is 30.7 Å². The van der Waals surface area contributed by atoms with Crippen LogP contribution in [0.2, 0.25) is 0 Å². The van der Waals surface area contributed by atoms with Gasteiger partial charge in [0.1, 0.15) is 13.7 Å². The number of anilines is 1. The Morgan fingerprint density at radius 1 is 1.33 bits per heavy atom. The van der Waals surface area contributed by atoms with Crippen molar-refractivity contribution < 1.29 is 0 Å². The van der Waals surface area contributed by atoms with Crippen molar-refractivity contribution in [1.29, 1.82) is 5.41 Å². The molecule has 8 nitrogen and oxygen atoms in total. The van der Waals surface area contributed by atoms with Gasteiger partial charge in [-0.25, -0.2) is 4.98 Å². The molecule has 1 aliphatic rings. The van der Waals surface area contributed by atoms with E-state index in [-0.39, 0.29) is 5.96 Å². The molecule has 138 valence electrons. The second-order valence-electron chi connectivity index (χ2n) is 6.99. The van der Waals surface area contributed by atoms with Gasteiger partial charge in [-0.3, -0.25) is 10.4 Å². The van der Waals surface area contributed by atoms with Crippen LogP contribution in [0.1, 0.15) is 30.0 Å². The van der Waals surface area contributed by atoms with Crippen molar-refractivity contribution in [2.75, 3.05) is 18.4 Å². The van der Waals surface area contributed by atoms with Crippen molar-refractivity contribution in [2.24, 2.45) is 5.73 Å². The summed E-state index contributed by atoms with van der Waals surface area (Å²) in [7, 11) is 2.03. The van der Waals surface area contributed by atoms with E-state index in [2.05, 4.69) is 21.5 Å². The summed E-state index contributed by atoms with van der Waals surface area (Å²) in [5.41, 5.74) is 9.75. The number of fused-ring (bicyclic) bond motifs is 1. The van der Waals surface area contributed by atoms with Crippen molar-refractivity contribution in [3.8, 4) is 0 Å². The number of likely N-dealkylation sites (tertiary alicyclic amines) is 1. The van der Waals surface area contributed by atoms with Gasteiger partial charge in [0.05, 0.1) is 0 Å². The number of nitrogens with two attached hydrogens (primary N) is 1. The second kappa shape index (κ2) is 7.26. The molecule has 27 heavy (non-hydrogen) atoms. The van der Waals surface area contributed by atoms with Crippen molar-refractivity contribution in [3.05, 3.63) is 48.0 Å². The highest BCUT2D eigenvalue weighted by Crippen LogP contribution is 2.28. The standard InChI is InChI=1S/C18H23BN8/c19-14-11-24-27-16(23-10-12-2-1-5-22-9-12)8-15(25-17(14)27)13-3-6-26(7-4-13)18(20)21/h1-2,5,8-9,11,13,23H,3-4,6-7,10,19H2,(H3,20,21). The number of aromatic nitrogens is 4. The molecule has 4 heterocycles. The molecular formula is C18H23BN8. The Balaban J connectivity index is 1.60. The van der Waals surface area contributed by atoms with Crippen LogP contribution in [0.5, 0.6) is 0 Å². The minimum atomic E-state index is 0.155. The second-order valence-corrected chi connectivity index (χ2v) is 6.99. The molecule has 1 fully saturated rings. The maximum Gasteiger partial charge on any atom is 0.188 e. The van der Waals surface area contributed by atoms with E-state index in [1.54, 1.807) is 6.20 Å². The van der Waals surface area contributed by atoms with Gasteiger partial charge in [-0.2, -0.15) is 9.61 Å². The molecule has 0 spiro atoms. The molecule has 0 saturated carbocycles. The highest BCUT2D eigenvalue weighted by molar-refractivity contribution is 6.36. The Kier molecular flexibility index (Phi) is 4.66. The van der Waals surface area contributed by atoms with Crippen LogP contribution in [0.25, 0.3) is 5.65 Å². The van der Waals surface area contributed by atoms with Crippen LogP contribution in [-0.2, 0) is 6.54 Å². The van der Waals surface area contributed by atoms with Crippen LogP contribution < -0.4 is 16.5 Å². The zero-order valence-corrected chi connectivity index (χ0v) is 15.4. The third-order valence-corrected chi connectivity index (χ3v) is 5.12. The summed E-state index contributed by atoms with van der Waals surface area (Å²) in [6.45, 7) is 2.27. The number of guanidine groups is 1. The van der Waals surface area contributed by atoms with Crippen LogP contribution in [-0.4, -0.2) is 51.4 Å². The van der Waals surface area contributed by atoms with Crippen LogP contribution in [0, 0.1) is 5.41 Å². The molecule has 0 atom stereocenters. The van der Waals surface area contributed by atoms with Gasteiger partial charge in [-0.1, -0.05) is 6.07 Å². The molecule has 0 aromatic carbocycles. The molecule has 4 rings (SSSR count). The predicted octanol–water partition coefficient (Wildman–Crippen LogP) is 0.0677. The topological polar surface area (TPSA) is 108 Å². The number of hydrogen-bond donors (Lipinski definition) is 3. The van der Waals surface area contributed by atoms with E-state index in [0.29, 0.717) is 12.5 Å². The molecule has 1 saturated heterocycles. The molecule has 1 aliphatic heterocycles. The van der Waals surface area contributed by atoms with E-state index < -0.39 is 0 Å². The first-order valence-corrected chi connectivity index (χ1v) is 9.19. The maximum atomic E-state index is 7.61. The summed E-state index contributed by atoms with van der Waals surface area (Å²) in [5.74, 6) is 1.45. The van der Waals surface area contributed by atoms with Gasteiger partial charge < -0.3 is 16.0 Å². The molecule has 3 aromatic rings. The molecule has 0 amide bonds. The number of nitrogens with one attached hydrogen (secondary N) is 2. The van der Waals surface area contributed by atoms with Crippen LogP contribution >= 0.6 is 0 Å². The average Bonchev–Trinajstić information content (AvgIpc) is 3.08. The van der Waals surface area contributed by atoms with E-state index in [1.165, 1.54) is 0 Å². The molecule has 0 unspecified atom stereocenters. The summed E-state index contributed by atoms with van der Waals surface area (Å²) in [4.78, 5) is 11.0. The summed E-state index contributed by atoms with van der Waals surface area (Å²) in [6.07, 6.45) is 7.37. The van der Waals surface area contributed by atoms with Crippen molar-refractivity contribution in [2.45, 2.75) is 25.3 Å². The molecule has 9 heteroatoms. The molecular weight excluding hydrogens is 339 g/mol. The van der Waals surface area contributed by atoms with Gasteiger partial charge in [-0.05, 0) is 29.9 Å². The first-order valence-electron chi connectivity index (χ1n) is 9.19. The van der Waals surface area contributed by atoms with Gasteiger partial charge in [0.2, 0.25) is 0 Å². The summed E-state index contributed by atoms with van der Waals surface area (Å²) < 4.78 is 1.86. The molecule has 4 N–H and O–H groups in total. The van der Waals surface area contributed by atoms with Gasteiger partial charge >= 0.3 is 0 Å². The van der Waals surface area contributed by atoms with Gasteiger partial charge in [0.15, 0.2) is 11.6 Å². The van der Waals surface area contributed by atoms with E-state index >= 15 is 0 Å². The lowest BCUT2D eigenvalue weighted by Crippen LogP contribution is -2.41. The van der Waals surface area contributed by atoms with Crippen LogP contribution in [0.15, 0.2) is 36.8 Å². The zero-order chi connectivity index (χ0) is 18.8. The quantitative estimate of drug-likeness (QED) is 0.344. The number of piperidine rings is 1. The van der Waals surface area contributed by atoms with Crippen LogP contribution in [0.4, 0.5) is 5.82 Å². The van der Waals surface area contributed by atoms with Crippen molar-refractivity contribution in [1.82, 2.24) is 24.5 Å². The molecule has 3 aromatic heterocycles. The fourth-order valence-electron chi connectivity index (χ4n) is 3.54. The molecule has 0 bridgehead atoms. The predicted molar refractivity (Wildman–Crippen MR) is 108 cm³/mol. The minimum Gasteiger partial charge on any atom is -0.370 e. The number of pyridine rings is 1. The van der Waals surface area contributed by atoms with E-state index in [0.717, 1.165) is 54.1 Å². The first-order chi connectivity index (χ1) is 13.1. The third-order valence-electron chi connectivity index (χ3n) is 5.12. The Hall–Kier alpha value is -3.10. The van der Waals surface area contributed by atoms with Crippen LogP contribution in [0.3, 0.4) is 0 Å². The SMILES string of the molecule is Bc1cnn2c(NCc3cccnc3)cc(C3CCN(C(=N)N)CC3)nc12. The van der Waals surface area contributed by atoms with E-state index in [4.69, 9.17) is 16.1 Å². The number of rotatable bonds is 4. The largest absolute Gasteiger partial charge is 0.370 e.